The van der Waals surface area contributed by atoms with Crippen molar-refractivity contribution in [3.63, 3.8) is 0 Å². The molecule has 21 heavy (non-hydrogen) atoms. The maximum atomic E-state index is 4.85. The van der Waals surface area contributed by atoms with E-state index >= 15 is 0 Å². The lowest BCUT2D eigenvalue weighted by Gasteiger charge is -2.11. The quantitative estimate of drug-likeness (QED) is 0.843. The molecule has 3 nitrogen and oxygen atoms in total. The van der Waals surface area contributed by atoms with Crippen LogP contribution in [0, 0.1) is 0 Å². The standard InChI is InChI=1S/C18H27N3/c1-5-17-16(12-19-14(3)4)18(6-2)21(20-17)13-15-10-8-7-9-11-15/h7-11,14,19H,5-6,12-13H2,1-4H3. The molecule has 0 unspecified atom stereocenters. The van der Waals surface area contributed by atoms with Crippen molar-refractivity contribution < 1.29 is 0 Å². The van der Waals surface area contributed by atoms with Crippen LogP contribution in [0.3, 0.4) is 0 Å². The van der Waals surface area contributed by atoms with Gasteiger partial charge in [-0.05, 0) is 18.4 Å². The minimum absolute atomic E-state index is 0.497. The van der Waals surface area contributed by atoms with Gasteiger partial charge in [0.05, 0.1) is 12.2 Å². The van der Waals surface area contributed by atoms with E-state index in [9.17, 15) is 0 Å². The summed E-state index contributed by atoms with van der Waals surface area (Å²) in [4.78, 5) is 0. The number of nitrogens with zero attached hydrogens (tertiary/aromatic N) is 2. The normalized spacial score (nSPS) is 11.3. The van der Waals surface area contributed by atoms with E-state index in [0.717, 1.165) is 25.9 Å². The molecule has 0 saturated heterocycles. The molecule has 0 aliphatic rings. The number of hydrogen-bond donors (Lipinski definition) is 1. The molecule has 0 aliphatic heterocycles. The molecule has 0 atom stereocenters. The number of aryl methyl sites for hydroxylation is 1. The highest BCUT2D eigenvalue weighted by molar-refractivity contribution is 5.28. The van der Waals surface area contributed by atoms with Crippen molar-refractivity contribution in [3.05, 3.63) is 52.8 Å². The Balaban J connectivity index is 2.28. The third-order valence-corrected chi connectivity index (χ3v) is 3.78. The first kappa shape index (κ1) is 15.8. The monoisotopic (exact) mass is 285 g/mol. The predicted molar refractivity (Wildman–Crippen MR) is 88.5 cm³/mol. The molecule has 0 bridgehead atoms. The maximum Gasteiger partial charge on any atom is 0.0669 e. The Hall–Kier alpha value is -1.61. The molecule has 0 saturated carbocycles. The average Bonchev–Trinajstić information content (AvgIpc) is 2.82. The molecule has 3 heteroatoms. The van der Waals surface area contributed by atoms with E-state index in [4.69, 9.17) is 5.10 Å². The van der Waals surface area contributed by atoms with E-state index in [1.165, 1.54) is 22.5 Å². The summed E-state index contributed by atoms with van der Waals surface area (Å²) in [6, 6.07) is 11.1. The molecule has 2 aromatic rings. The molecule has 1 N–H and O–H groups in total. The first-order valence-electron chi connectivity index (χ1n) is 8.00. The molecule has 0 fully saturated rings. The van der Waals surface area contributed by atoms with Crippen molar-refractivity contribution in [3.8, 4) is 0 Å². The second-order valence-electron chi connectivity index (χ2n) is 5.76. The maximum absolute atomic E-state index is 4.85. The molecule has 1 aromatic heterocycles. The van der Waals surface area contributed by atoms with Gasteiger partial charge in [0, 0.05) is 23.8 Å². The number of rotatable bonds is 7. The average molecular weight is 285 g/mol. The number of benzene rings is 1. The van der Waals surface area contributed by atoms with Gasteiger partial charge in [-0.2, -0.15) is 5.10 Å². The zero-order valence-corrected chi connectivity index (χ0v) is 13.7. The lowest BCUT2D eigenvalue weighted by atomic mass is 10.1. The molecule has 2 rings (SSSR count). The zero-order chi connectivity index (χ0) is 15.2. The van der Waals surface area contributed by atoms with Gasteiger partial charge in [0.1, 0.15) is 0 Å². The van der Waals surface area contributed by atoms with Crippen molar-refractivity contribution >= 4 is 0 Å². The lowest BCUT2D eigenvalue weighted by molar-refractivity contribution is 0.581. The number of hydrogen-bond acceptors (Lipinski definition) is 2. The Kier molecular flexibility index (Phi) is 5.57. The van der Waals surface area contributed by atoms with Gasteiger partial charge in [-0.3, -0.25) is 4.68 Å². The van der Waals surface area contributed by atoms with Gasteiger partial charge in [-0.15, -0.1) is 0 Å². The van der Waals surface area contributed by atoms with Crippen molar-refractivity contribution in [2.24, 2.45) is 0 Å². The van der Waals surface area contributed by atoms with Crippen LogP contribution in [-0.4, -0.2) is 15.8 Å². The van der Waals surface area contributed by atoms with Gasteiger partial charge in [0.25, 0.3) is 0 Å². The minimum Gasteiger partial charge on any atom is -0.310 e. The van der Waals surface area contributed by atoms with Gasteiger partial charge in [0.15, 0.2) is 0 Å². The van der Waals surface area contributed by atoms with Gasteiger partial charge in [0.2, 0.25) is 0 Å². The molecular formula is C18H27N3. The zero-order valence-electron chi connectivity index (χ0n) is 13.7. The van der Waals surface area contributed by atoms with Gasteiger partial charge >= 0.3 is 0 Å². The van der Waals surface area contributed by atoms with E-state index in [2.05, 4.69) is 68.0 Å². The van der Waals surface area contributed by atoms with Gasteiger partial charge in [-0.1, -0.05) is 58.0 Å². The second kappa shape index (κ2) is 7.41. The molecule has 114 valence electrons. The van der Waals surface area contributed by atoms with Crippen molar-refractivity contribution in [1.29, 1.82) is 0 Å². The first-order chi connectivity index (χ1) is 10.2. The largest absolute Gasteiger partial charge is 0.310 e. The van der Waals surface area contributed by atoms with Gasteiger partial charge < -0.3 is 5.32 Å². The molecule has 0 aliphatic carbocycles. The fourth-order valence-electron chi connectivity index (χ4n) is 2.67. The summed E-state index contributed by atoms with van der Waals surface area (Å²) in [5.74, 6) is 0. The van der Waals surface area contributed by atoms with Crippen molar-refractivity contribution in [2.75, 3.05) is 0 Å². The molecule has 0 radical (unpaired) electrons. The van der Waals surface area contributed by atoms with Crippen LogP contribution >= 0.6 is 0 Å². The van der Waals surface area contributed by atoms with Crippen LogP contribution in [0.15, 0.2) is 30.3 Å². The van der Waals surface area contributed by atoms with Crippen LogP contribution in [0.2, 0.25) is 0 Å². The van der Waals surface area contributed by atoms with Crippen molar-refractivity contribution in [2.45, 2.75) is 59.7 Å². The Morgan fingerprint density at radius 3 is 2.38 bits per heavy atom. The topological polar surface area (TPSA) is 29.9 Å². The Labute approximate surface area is 128 Å². The Morgan fingerprint density at radius 1 is 1.10 bits per heavy atom. The summed E-state index contributed by atoms with van der Waals surface area (Å²) in [6.45, 7) is 10.6. The number of aromatic nitrogens is 2. The molecule has 0 spiro atoms. The summed E-state index contributed by atoms with van der Waals surface area (Å²) < 4.78 is 2.19. The fourth-order valence-corrected chi connectivity index (χ4v) is 2.67. The molecule has 1 heterocycles. The molecule has 1 aromatic carbocycles. The van der Waals surface area contributed by atoms with Crippen LogP contribution in [0.25, 0.3) is 0 Å². The molecule has 0 amide bonds. The summed E-state index contributed by atoms with van der Waals surface area (Å²) in [5.41, 5.74) is 5.30. The van der Waals surface area contributed by atoms with Crippen LogP contribution in [0.1, 0.15) is 50.2 Å². The third-order valence-electron chi connectivity index (χ3n) is 3.78. The van der Waals surface area contributed by atoms with Crippen molar-refractivity contribution in [1.82, 2.24) is 15.1 Å². The highest BCUT2D eigenvalue weighted by Crippen LogP contribution is 2.18. The summed E-state index contributed by atoms with van der Waals surface area (Å²) in [5, 5.41) is 8.38. The van der Waals surface area contributed by atoms with E-state index < -0.39 is 0 Å². The summed E-state index contributed by atoms with van der Waals surface area (Å²) in [6.07, 6.45) is 2.01. The second-order valence-corrected chi connectivity index (χ2v) is 5.76. The highest BCUT2D eigenvalue weighted by atomic mass is 15.3. The van der Waals surface area contributed by atoms with E-state index in [0.29, 0.717) is 6.04 Å². The fraction of sp³-hybridized carbons (Fsp3) is 0.500. The highest BCUT2D eigenvalue weighted by Gasteiger charge is 2.15. The Morgan fingerprint density at radius 2 is 1.81 bits per heavy atom. The minimum atomic E-state index is 0.497. The van der Waals surface area contributed by atoms with Crippen LogP contribution in [-0.2, 0) is 25.9 Å². The number of nitrogens with one attached hydrogen (secondary N) is 1. The van der Waals surface area contributed by atoms with Gasteiger partial charge in [-0.25, -0.2) is 0 Å². The predicted octanol–water partition coefficient (Wildman–Crippen LogP) is 3.55. The summed E-state index contributed by atoms with van der Waals surface area (Å²) in [7, 11) is 0. The smallest absolute Gasteiger partial charge is 0.0669 e. The SMILES string of the molecule is CCc1nn(Cc2ccccc2)c(CC)c1CNC(C)C. The van der Waals surface area contributed by atoms with E-state index in [1.807, 2.05) is 0 Å². The van der Waals surface area contributed by atoms with Crippen LogP contribution in [0.5, 0.6) is 0 Å². The third kappa shape index (κ3) is 3.94. The lowest BCUT2D eigenvalue weighted by Crippen LogP contribution is -2.23. The Bertz CT molecular complexity index is 555. The van der Waals surface area contributed by atoms with E-state index in [1.54, 1.807) is 0 Å². The summed E-state index contributed by atoms with van der Waals surface area (Å²) >= 11 is 0. The van der Waals surface area contributed by atoms with E-state index in [-0.39, 0.29) is 0 Å². The van der Waals surface area contributed by atoms with Crippen LogP contribution in [0.4, 0.5) is 0 Å². The molecular weight excluding hydrogens is 258 g/mol. The first-order valence-corrected chi connectivity index (χ1v) is 8.00. The van der Waals surface area contributed by atoms with Crippen LogP contribution < -0.4 is 5.32 Å².